The van der Waals surface area contributed by atoms with E-state index < -0.39 is 12.1 Å². The first-order chi connectivity index (χ1) is 17.8. The van der Waals surface area contributed by atoms with Gasteiger partial charge >= 0.3 is 6.03 Å². The normalized spacial score (nSPS) is 11.8. The van der Waals surface area contributed by atoms with Crippen molar-refractivity contribution in [3.05, 3.63) is 53.2 Å². The summed E-state index contributed by atoms with van der Waals surface area (Å²) in [6.45, 7) is 6.18. The molecular weight excluding hydrogens is 498 g/mol. The minimum absolute atomic E-state index is 0.0249. The van der Waals surface area contributed by atoms with E-state index in [-0.39, 0.29) is 18.1 Å². The van der Waals surface area contributed by atoms with Crippen LogP contribution in [0.1, 0.15) is 24.2 Å². The predicted molar refractivity (Wildman–Crippen MR) is 144 cm³/mol. The lowest BCUT2D eigenvalue weighted by atomic mass is 10.1. The Kier molecular flexibility index (Phi) is 9.90. The van der Waals surface area contributed by atoms with Gasteiger partial charge in [-0.05, 0) is 37.4 Å². The summed E-state index contributed by atoms with van der Waals surface area (Å²) in [6, 6.07) is 9.45. The lowest BCUT2D eigenvalue weighted by Gasteiger charge is -2.22. The van der Waals surface area contributed by atoms with Crippen molar-refractivity contribution in [2.45, 2.75) is 20.0 Å². The highest BCUT2D eigenvalue weighted by molar-refractivity contribution is 6.33. The fourth-order valence-corrected chi connectivity index (χ4v) is 3.88. The van der Waals surface area contributed by atoms with Crippen LogP contribution in [0.15, 0.2) is 42.6 Å². The van der Waals surface area contributed by atoms with Gasteiger partial charge < -0.3 is 35.4 Å². The summed E-state index contributed by atoms with van der Waals surface area (Å²) in [7, 11) is 3.04. The maximum absolute atomic E-state index is 12.7. The molecule has 37 heavy (non-hydrogen) atoms. The van der Waals surface area contributed by atoms with Crippen molar-refractivity contribution in [1.82, 2.24) is 20.5 Å². The molecule has 4 N–H and O–H groups in total. The van der Waals surface area contributed by atoms with Gasteiger partial charge in [-0.1, -0.05) is 25.4 Å². The van der Waals surface area contributed by atoms with Crippen LogP contribution in [0.3, 0.4) is 0 Å². The van der Waals surface area contributed by atoms with Crippen LogP contribution in [0, 0.1) is 0 Å². The average Bonchev–Trinajstić information content (AvgIpc) is 2.91. The molecular formula is C26H32ClN5O5. The van der Waals surface area contributed by atoms with Crippen LogP contribution in [0.25, 0.3) is 10.9 Å². The lowest BCUT2D eigenvalue weighted by molar-refractivity contribution is 0.0706. The molecule has 1 aromatic heterocycles. The second-order valence-corrected chi connectivity index (χ2v) is 8.56. The van der Waals surface area contributed by atoms with Crippen LogP contribution >= 0.6 is 11.6 Å². The van der Waals surface area contributed by atoms with Crippen LogP contribution in [-0.4, -0.2) is 73.4 Å². The SMILES string of the molecule is CCN(CC)C[C@@H](O)COc1cc2nccc(Oc3ccc(NC(=O)NC)c(Cl)c3)c2cc1C(=O)NC. The number of anilines is 1. The number of aliphatic hydroxyl groups is 1. The maximum Gasteiger partial charge on any atom is 0.319 e. The summed E-state index contributed by atoms with van der Waals surface area (Å²) in [5.74, 6) is 0.841. The Morgan fingerprint density at radius 3 is 2.49 bits per heavy atom. The molecule has 0 saturated heterocycles. The summed E-state index contributed by atoms with van der Waals surface area (Å²) >= 11 is 6.30. The van der Waals surface area contributed by atoms with Crippen molar-refractivity contribution < 1.29 is 24.2 Å². The van der Waals surface area contributed by atoms with Gasteiger partial charge in [0.25, 0.3) is 5.91 Å². The monoisotopic (exact) mass is 529 g/mol. The highest BCUT2D eigenvalue weighted by Gasteiger charge is 2.18. The summed E-state index contributed by atoms with van der Waals surface area (Å²) < 4.78 is 11.9. The molecule has 1 heterocycles. The standard InChI is InChI=1S/C26H32ClN5O5/c1-5-32(6-2)14-16(33)15-36-24-13-22-18(12-19(24)25(34)28-3)23(9-10-30-22)37-17-7-8-21(20(27)11-17)31-26(35)29-4/h7-13,16,33H,5-6,14-15H2,1-4H3,(H,28,34)(H2,29,31,35)/t16-/m1/s1. The van der Waals surface area contributed by atoms with E-state index in [1.54, 1.807) is 42.6 Å². The third-order valence-corrected chi connectivity index (χ3v) is 6.03. The molecule has 0 fully saturated rings. The van der Waals surface area contributed by atoms with Crippen molar-refractivity contribution in [3.63, 3.8) is 0 Å². The smallest absolute Gasteiger partial charge is 0.319 e. The maximum atomic E-state index is 12.7. The van der Waals surface area contributed by atoms with Crippen LogP contribution in [0.5, 0.6) is 17.2 Å². The first-order valence-corrected chi connectivity index (χ1v) is 12.3. The van der Waals surface area contributed by atoms with Crippen LogP contribution in [-0.2, 0) is 0 Å². The molecule has 0 spiro atoms. The van der Waals surface area contributed by atoms with E-state index in [1.807, 2.05) is 13.8 Å². The second-order valence-electron chi connectivity index (χ2n) is 8.15. The molecule has 198 valence electrons. The molecule has 3 aromatic rings. The van der Waals surface area contributed by atoms with Gasteiger partial charge in [0.1, 0.15) is 30.0 Å². The molecule has 0 bridgehead atoms. The number of hydrogen-bond donors (Lipinski definition) is 4. The summed E-state index contributed by atoms with van der Waals surface area (Å²) in [5, 5.41) is 19.0. The van der Waals surface area contributed by atoms with Crippen molar-refractivity contribution in [2.75, 3.05) is 45.7 Å². The molecule has 2 aromatic carbocycles. The number of hydrogen-bond acceptors (Lipinski definition) is 7. The number of fused-ring (bicyclic) bond motifs is 1. The Hall–Kier alpha value is -3.60. The number of nitrogens with one attached hydrogen (secondary N) is 3. The topological polar surface area (TPSA) is 125 Å². The molecule has 0 unspecified atom stereocenters. The minimum Gasteiger partial charge on any atom is -0.490 e. The van der Waals surface area contributed by atoms with Crippen LogP contribution < -0.4 is 25.4 Å². The highest BCUT2D eigenvalue weighted by Crippen LogP contribution is 2.35. The highest BCUT2D eigenvalue weighted by atomic mass is 35.5. The van der Waals surface area contributed by atoms with Gasteiger partial charge in [-0.2, -0.15) is 0 Å². The Labute approximate surface area is 220 Å². The Bertz CT molecular complexity index is 1250. The van der Waals surface area contributed by atoms with E-state index in [0.29, 0.717) is 45.4 Å². The fourth-order valence-electron chi connectivity index (χ4n) is 3.66. The molecule has 0 aliphatic rings. The molecule has 0 aliphatic carbocycles. The van der Waals surface area contributed by atoms with E-state index in [9.17, 15) is 14.7 Å². The van der Waals surface area contributed by atoms with Gasteiger partial charge in [-0.15, -0.1) is 0 Å². The van der Waals surface area contributed by atoms with E-state index in [4.69, 9.17) is 21.1 Å². The fraction of sp³-hybridized carbons (Fsp3) is 0.346. The number of nitrogens with zero attached hydrogens (tertiary/aromatic N) is 2. The number of likely N-dealkylation sites (N-methyl/N-ethyl adjacent to an activating group) is 1. The van der Waals surface area contributed by atoms with E-state index in [0.717, 1.165) is 13.1 Å². The Morgan fingerprint density at radius 1 is 1.08 bits per heavy atom. The number of amides is 3. The minimum atomic E-state index is -0.721. The van der Waals surface area contributed by atoms with Gasteiger partial charge in [0.05, 0.1) is 21.8 Å². The van der Waals surface area contributed by atoms with Crippen molar-refractivity contribution in [2.24, 2.45) is 0 Å². The van der Waals surface area contributed by atoms with Gasteiger partial charge in [0.15, 0.2) is 0 Å². The number of halogens is 1. The van der Waals surface area contributed by atoms with E-state index in [2.05, 4.69) is 25.8 Å². The summed E-state index contributed by atoms with van der Waals surface area (Å²) in [5.41, 5.74) is 1.26. The van der Waals surface area contributed by atoms with Crippen molar-refractivity contribution >= 4 is 40.1 Å². The third-order valence-electron chi connectivity index (χ3n) is 5.71. The Balaban J connectivity index is 1.89. The lowest BCUT2D eigenvalue weighted by Crippen LogP contribution is -2.35. The second kappa shape index (κ2) is 13.1. The van der Waals surface area contributed by atoms with Gasteiger partial charge in [-0.25, -0.2) is 4.79 Å². The Morgan fingerprint density at radius 2 is 1.84 bits per heavy atom. The van der Waals surface area contributed by atoms with Crippen LogP contribution in [0.4, 0.5) is 10.5 Å². The number of aliphatic hydroxyl groups excluding tert-OH is 1. The number of pyridine rings is 1. The van der Waals surface area contributed by atoms with Gasteiger partial charge in [0, 0.05) is 44.4 Å². The zero-order valence-corrected chi connectivity index (χ0v) is 22.1. The number of aromatic nitrogens is 1. The summed E-state index contributed by atoms with van der Waals surface area (Å²) in [6.07, 6.45) is 0.862. The number of benzene rings is 2. The molecule has 0 saturated carbocycles. The molecule has 0 radical (unpaired) electrons. The van der Waals surface area contributed by atoms with E-state index in [1.165, 1.54) is 14.1 Å². The third kappa shape index (κ3) is 7.22. The molecule has 3 amide bonds. The van der Waals surface area contributed by atoms with Crippen LogP contribution in [0.2, 0.25) is 5.02 Å². The summed E-state index contributed by atoms with van der Waals surface area (Å²) in [4.78, 5) is 30.7. The molecule has 1 atom stereocenters. The molecule has 10 nitrogen and oxygen atoms in total. The molecule has 0 aliphatic heterocycles. The predicted octanol–water partition coefficient (Wildman–Crippen LogP) is 3.87. The zero-order valence-electron chi connectivity index (χ0n) is 21.3. The zero-order chi connectivity index (χ0) is 26.9. The number of ether oxygens (including phenoxy) is 2. The quantitative estimate of drug-likeness (QED) is 0.297. The number of carbonyl (C=O) groups excluding carboxylic acids is 2. The van der Waals surface area contributed by atoms with Gasteiger partial charge in [0.2, 0.25) is 0 Å². The van der Waals surface area contributed by atoms with Crippen molar-refractivity contribution in [1.29, 1.82) is 0 Å². The van der Waals surface area contributed by atoms with Crippen molar-refractivity contribution in [3.8, 4) is 17.2 Å². The number of rotatable bonds is 11. The largest absolute Gasteiger partial charge is 0.490 e. The molecule has 11 heteroatoms. The average molecular weight is 530 g/mol. The molecule has 3 rings (SSSR count). The number of urea groups is 1. The first kappa shape index (κ1) is 28.0. The van der Waals surface area contributed by atoms with Gasteiger partial charge in [-0.3, -0.25) is 9.78 Å². The van der Waals surface area contributed by atoms with E-state index >= 15 is 0 Å². The number of carbonyl (C=O) groups is 2. The first-order valence-electron chi connectivity index (χ1n) is 11.9.